The lowest BCUT2D eigenvalue weighted by atomic mass is 10.1. The minimum atomic E-state index is -0.544. The molecule has 0 aliphatic carbocycles. The second-order valence-electron chi connectivity index (χ2n) is 5.95. The molecule has 0 amide bonds. The summed E-state index contributed by atoms with van der Waals surface area (Å²) < 4.78 is 7.18. The maximum atomic E-state index is 12.2. The van der Waals surface area contributed by atoms with Crippen molar-refractivity contribution in [3.63, 3.8) is 0 Å². The van der Waals surface area contributed by atoms with Crippen molar-refractivity contribution < 1.29 is 14.5 Å². The van der Waals surface area contributed by atoms with Crippen LogP contribution in [0.25, 0.3) is 11.1 Å². The summed E-state index contributed by atoms with van der Waals surface area (Å²) >= 11 is 3.33. The normalized spacial score (nSPS) is 10.3. The molecule has 3 aromatic rings. The van der Waals surface area contributed by atoms with E-state index in [1.54, 1.807) is 53.2 Å². The van der Waals surface area contributed by atoms with Crippen LogP contribution in [0.15, 0.2) is 59.2 Å². The van der Waals surface area contributed by atoms with E-state index >= 15 is 0 Å². The number of hydrogen-bond donors (Lipinski definition) is 0. The van der Waals surface area contributed by atoms with E-state index in [9.17, 15) is 14.9 Å². The summed E-state index contributed by atoms with van der Waals surface area (Å²) in [4.78, 5) is 23.1. The van der Waals surface area contributed by atoms with Crippen molar-refractivity contribution in [3.05, 3.63) is 86.1 Å². The van der Waals surface area contributed by atoms with Crippen molar-refractivity contribution in [3.8, 4) is 17.2 Å². The van der Waals surface area contributed by atoms with Crippen LogP contribution in [-0.2, 0) is 11.3 Å². The number of nitrogens with zero attached hydrogens (tertiary/aromatic N) is 3. The number of methoxy groups -OCH3 is 1. The number of aromatic nitrogens is 1. The van der Waals surface area contributed by atoms with Crippen LogP contribution in [0.1, 0.15) is 21.6 Å². The summed E-state index contributed by atoms with van der Waals surface area (Å²) in [7, 11) is 1.28. The van der Waals surface area contributed by atoms with Crippen molar-refractivity contribution in [2.45, 2.75) is 6.54 Å². The molecule has 0 saturated heterocycles. The van der Waals surface area contributed by atoms with Gasteiger partial charge in [0.15, 0.2) is 0 Å². The smallest absolute Gasteiger partial charge is 0.354 e. The average molecular weight is 440 g/mol. The van der Waals surface area contributed by atoms with Crippen LogP contribution >= 0.6 is 15.9 Å². The van der Waals surface area contributed by atoms with Crippen LogP contribution in [0, 0.1) is 21.4 Å². The minimum absolute atomic E-state index is 0.0346. The molecular formula is C20H14BrN3O4. The predicted octanol–water partition coefficient (Wildman–Crippen LogP) is 4.53. The highest BCUT2D eigenvalue weighted by Gasteiger charge is 2.19. The summed E-state index contributed by atoms with van der Waals surface area (Å²) in [6.07, 6.45) is 1.73. The standard InChI is InChI=1S/C20H14BrN3O4/c1-28-20(25)19-9-15(14-4-2-13(10-22)3-5-14)11-23(19)12-16-8-17(21)6-7-18(16)24(26)27/h2-9,11H,12H2,1H3. The van der Waals surface area contributed by atoms with Crippen LogP contribution in [0.4, 0.5) is 5.69 Å². The molecule has 3 rings (SSSR count). The Bertz CT molecular complexity index is 1100. The molecule has 0 aliphatic rings. The molecule has 0 spiro atoms. The maximum absolute atomic E-state index is 12.2. The monoisotopic (exact) mass is 439 g/mol. The Morgan fingerprint density at radius 2 is 1.93 bits per heavy atom. The van der Waals surface area contributed by atoms with E-state index in [-0.39, 0.29) is 17.9 Å². The van der Waals surface area contributed by atoms with Gasteiger partial charge in [-0.15, -0.1) is 0 Å². The molecule has 0 unspecified atom stereocenters. The van der Waals surface area contributed by atoms with E-state index < -0.39 is 10.9 Å². The van der Waals surface area contributed by atoms with E-state index in [1.807, 2.05) is 0 Å². The molecule has 1 aromatic heterocycles. The van der Waals surface area contributed by atoms with E-state index in [2.05, 4.69) is 22.0 Å². The zero-order chi connectivity index (χ0) is 20.3. The van der Waals surface area contributed by atoms with Gasteiger partial charge in [-0.3, -0.25) is 10.1 Å². The van der Waals surface area contributed by atoms with Gasteiger partial charge in [0.25, 0.3) is 5.69 Å². The molecule has 0 atom stereocenters. The van der Waals surface area contributed by atoms with E-state index in [1.165, 1.54) is 13.2 Å². The quantitative estimate of drug-likeness (QED) is 0.330. The lowest BCUT2D eigenvalue weighted by Gasteiger charge is -2.09. The van der Waals surface area contributed by atoms with Gasteiger partial charge in [-0.1, -0.05) is 28.1 Å². The lowest BCUT2D eigenvalue weighted by molar-refractivity contribution is -0.385. The fourth-order valence-electron chi connectivity index (χ4n) is 2.85. The highest BCUT2D eigenvalue weighted by molar-refractivity contribution is 9.10. The number of benzene rings is 2. The summed E-state index contributed by atoms with van der Waals surface area (Å²) in [5, 5.41) is 20.3. The molecule has 1 heterocycles. The lowest BCUT2D eigenvalue weighted by Crippen LogP contribution is -2.11. The Balaban J connectivity index is 2.06. The third-order valence-electron chi connectivity index (χ3n) is 4.22. The molecule has 0 bridgehead atoms. The number of ether oxygens (including phenoxy) is 1. The van der Waals surface area contributed by atoms with Gasteiger partial charge in [0.1, 0.15) is 5.69 Å². The van der Waals surface area contributed by atoms with Crippen molar-refractivity contribution in [2.75, 3.05) is 7.11 Å². The van der Waals surface area contributed by atoms with Gasteiger partial charge in [-0.2, -0.15) is 5.26 Å². The summed E-state index contributed by atoms with van der Waals surface area (Å²) in [6.45, 7) is 0.121. The molecule has 0 N–H and O–H groups in total. The highest BCUT2D eigenvalue weighted by atomic mass is 79.9. The first-order chi connectivity index (χ1) is 13.4. The molecule has 140 valence electrons. The first-order valence-corrected chi connectivity index (χ1v) is 8.94. The maximum Gasteiger partial charge on any atom is 0.354 e. The summed E-state index contributed by atoms with van der Waals surface area (Å²) in [5.74, 6) is -0.544. The number of rotatable bonds is 5. The van der Waals surface area contributed by atoms with Crippen LogP contribution in [-0.4, -0.2) is 22.6 Å². The topological polar surface area (TPSA) is 98.2 Å². The average Bonchev–Trinajstić information content (AvgIpc) is 3.11. The number of esters is 1. The Hall–Kier alpha value is -3.44. The van der Waals surface area contributed by atoms with Crippen LogP contribution in [0.3, 0.4) is 0 Å². The van der Waals surface area contributed by atoms with Gasteiger partial charge < -0.3 is 9.30 Å². The zero-order valence-corrected chi connectivity index (χ0v) is 16.3. The van der Waals surface area contributed by atoms with Gasteiger partial charge >= 0.3 is 5.97 Å². The first-order valence-electron chi connectivity index (χ1n) is 8.14. The van der Waals surface area contributed by atoms with Gasteiger partial charge in [-0.25, -0.2) is 4.79 Å². The Labute approximate surface area is 169 Å². The number of nitriles is 1. The van der Waals surface area contributed by atoms with Crippen LogP contribution in [0.2, 0.25) is 0 Å². The second-order valence-corrected chi connectivity index (χ2v) is 6.87. The van der Waals surface area contributed by atoms with Crippen molar-refractivity contribution >= 4 is 27.6 Å². The number of halogens is 1. The van der Waals surface area contributed by atoms with Crippen LogP contribution < -0.4 is 0 Å². The second kappa shape index (κ2) is 8.06. The Morgan fingerprint density at radius 3 is 2.54 bits per heavy atom. The summed E-state index contributed by atoms with van der Waals surface area (Å²) in [6, 6.07) is 15.3. The molecule has 8 heteroatoms. The molecule has 0 aliphatic heterocycles. The molecule has 0 radical (unpaired) electrons. The predicted molar refractivity (Wildman–Crippen MR) is 106 cm³/mol. The van der Waals surface area contributed by atoms with Crippen LogP contribution in [0.5, 0.6) is 0 Å². The van der Waals surface area contributed by atoms with E-state index in [0.29, 0.717) is 15.6 Å². The molecule has 0 fully saturated rings. The molecule has 28 heavy (non-hydrogen) atoms. The Morgan fingerprint density at radius 1 is 1.21 bits per heavy atom. The number of carbonyl (C=O) groups is 1. The number of hydrogen-bond acceptors (Lipinski definition) is 5. The van der Waals surface area contributed by atoms with Gasteiger partial charge in [0, 0.05) is 22.3 Å². The molecule has 2 aromatic carbocycles. The van der Waals surface area contributed by atoms with Crippen molar-refractivity contribution in [1.82, 2.24) is 4.57 Å². The van der Waals surface area contributed by atoms with Gasteiger partial charge in [0.2, 0.25) is 0 Å². The number of nitro groups is 1. The molecular weight excluding hydrogens is 426 g/mol. The van der Waals surface area contributed by atoms with Crippen molar-refractivity contribution in [2.24, 2.45) is 0 Å². The first kappa shape index (κ1) is 19.3. The molecule has 0 saturated carbocycles. The fourth-order valence-corrected chi connectivity index (χ4v) is 3.26. The van der Waals surface area contributed by atoms with Gasteiger partial charge in [-0.05, 0) is 35.9 Å². The summed E-state index contributed by atoms with van der Waals surface area (Å²) in [5.41, 5.74) is 2.77. The third kappa shape index (κ3) is 3.94. The minimum Gasteiger partial charge on any atom is -0.464 e. The highest BCUT2D eigenvalue weighted by Crippen LogP contribution is 2.28. The van der Waals surface area contributed by atoms with E-state index in [4.69, 9.17) is 10.00 Å². The Kier molecular flexibility index (Phi) is 5.57. The largest absolute Gasteiger partial charge is 0.464 e. The number of nitro benzene ring substituents is 1. The van der Waals surface area contributed by atoms with Crippen molar-refractivity contribution in [1.29, 1.82) is 5.26 Å². The third-order valence-corrected chi connectivity index (χ3v) is 4.71. The zero-order valence-electron chi connectivity index (χ0n) is 14.8. The number of carbonyl (C=O) groups excluding carboxylic acids is 1. The molecule has 7 nitrogen and oxygen atoms in total. The fraction of sp³-hybridized carbons (Fsp3) is 0.100. The van der Waals surface area contributed by atoms with E-state index in [0.717, 1.165) is 11.1 Å². The van der Waals surface area contributed by atoms with Gasteiger partial charge in [0.05, 0.1) is 35.8 Å². The SMILES string of the molecule is COC(=O)c1cc(-c2ccc(C#N)cc2)cn1Cc1cc(Br)ccc1[N+](=O)[O-].